The molecular formula is C14H11F2NOS. The maximum atomic E-state index is 13.1. The maximum absolute atomic E-state index is 13.1. The third kappa shape index (κ3) is 3.06. The lowest BCUT2D eigenvalue weighted by Gasteiger charge is -2.13. The van der Waals surface area contributed by atoms with Crippen LogP contribution in [0, 0.1) is 18.6 Å². The van der Waals surface area contributed by atoms with Crippen LogP contribution in [0.25, 0.3) is 0 Å². The standard InChI is InChI=1S/C14H11F2NOS/c1-8-3-2-4-12(14(17)19)13(8)18-11-6-9(15)5-10(16)7-11/h2-7H,1H3,(H2,17,19). The quantitative estimate of drug-likeness (QED) is 0.870. The molecule has 19 heavy (non-hydrogen) atoms. The Labute approximate surface area is 114 Å². The zero-order chi connectivity index (χ0) is 14.0. The van der Waals surface area contributed by atoms with Crippen LogP contribution in [0.4, 0.5) is 8.78 Å². The third-order valence-corrected chi connectivity index (χ3v) is 2.75. The number of aryl methyl sites for hydroxylation is 1. The minimum absolute atomic E-state index is 0.0595. The molecule has 2 aromatic rings. The second kappa shape index (κ2) is 5.32. The normalized spacial score (nSPS) is 10.3. The van der Waals surface area contributed by atoms with Crippen LogP contribution in [0.3, 0.4) is 0 Å². The molecule has 2 rings (SSSR count). The lowest BCUT2D eigenvalue weighted by atomic mass is 10.1. The van der Waals surface area contributed by atoms with Gasteiger partial charge in [0.25, 0.3) is 0 Å². The van der Waals surface area contributed by atoms with E-state index < -0.39 is 11.6 Å². The number of para-hydroxylation sites is 1. The van der Waals surface area contributed by atoms with Crippen LogP contribution in [0.2, 0.25) is 0 Å². The Balaban J connectivity index is 2.45. The number of nitrogens with two attached hydrogens (primary N) is 1. The lowest BCUT2D eigenvalue weighted by Crippen LogP contribution is -2.11. The van der Waals surface area contributed by atoms with Crippen LogP contribution in [0.5, 0.6) is 11.5 Å². The van der Waals surface area contributed by atoms with Gasteiger partial charge in [-0.1, -0.05) is 24.4 Å². The lowest BCUT2D eigenvalue weighted by molar-refractivity contribution is 0.464. The molecule has 0 aliphatic rings. The van der Waals surface area contributed by atoms with Gasteiger partial charge in [0.1, 0.15) is 28.1 Å². The van der Waals surface area contributed by atoms with Crippen LogP contribution in [0.1, 0.15) is 11.1 Å². The molecule has 0 heterocycles. The van der Waals surface area contributed by atoms with Crippen molar-refractivity contribution in [1.29, 1.82) is 0 Å². The van der Waals surface area contributed by atoms with E-state index in [-0.39, 0.29) is 10.7 Å². The molecule has 0 aliphatic carbocycles. The van der Waals surface area contributed by atoms with E-state index in [1.807, 2.05) is 0 Å². The van der Waals surface area contributed by atoms with Crippen molar-refractivity contribution in [3.05, 3.63) is 59.2 Å². The largest absolute Gasteiger partial charge is 0.456 e. The monoisotopic (exact) mass is 279 g/mol. The van der Waals surface area contributed by atoms with Crippen molar-refractivity contribution in [2.45, 2.75) is 6.92 Å². The fourth-order valence-electron chi connectivity index (χ4n) is 1.69. The summed E-state index contributed by atoms with van der Waals surface area (Å²) in [6, 6.07) is 8.24. The molecule has 2 aromatic carbocycles. The fourth-order valence-corrected chi connectivity index (χ4v) is 1.85. The van der Waals surface area contributed by atoms with Gasteiger partial charge in [0, 0.05) is 18.2 Å². The highest BCUT2D eigenvalue weighted by molar-refractivity contribution is 7.80. The summed E-state index contributed by atoms with van der Waals surface area (Å²) in [5.74, 6) is -0.954. The summed E-state index contributed by atoms with van der Waals surface area (Å²) in [6.45, 7) is 1.80. The summed E-state index contributed by atoms with van der Waals surface area (Å²) in [7, 11) is 0. The van der Waals surface area contributed by atoms with Crippen molar-refractivity contribution in [2.75, 3.05) is 0 Å². The van der Waals surface area contributed by atoms with E-state index in [0.717, 1.165) is 23.8 Å². The Bertz CT molecular complexity index is 623. The summed E-state index contributed by atoms with van der Waals surface area (Å²) in [5, 5.41) is 0. The maximum Gasteiger partial charge on any atom is 0.140 e. The fraction of sp³-hybridized carbons (Fsp3) is 0.0714. The smallest absolute Gasteiger partial charge is 0.140 e. The van der Waals surface area contributed by atoms with Gasteiger partial charge < -0.3 is 10.5 Å². The molecule has 0 aliphatic heterocycles. The Morgan fingerprint density at radius 3 is 2.37 bits per heavy atom. The topological polar surface area (TPSA) is 35.2 Å². The van der Waals surface area contributed by atoms with Crippen LogP contribution < -0.4 is 10.5 Å². The van der Waals surface area contributed by atoms with Crippen molar-refractivity contribution < 1.29 is 13.5 Å². The van der Waals surface area contributed by atoms with Gasteiger partial charge in [0.05, 0.1) is 5.56 Å². The van der Waals surface area contributed by atoms with Crippen LogP contribution in [-0.4, -0.2) is 4.99 Å². The first-order chi connectivity index (χ1) is 8.97. The van der Waals surface area contributed by atoms with Crippen molar-refractivity contribution in [3.63, 3.8) is 0 Å². The van der Waals surface area contributed by atoms with Crippen molar-refractivity contribution in [3.8, 4) is 11.5 Å². The van der Waals surface area contributed by atoms with Gasteiger partial charge in [-0.15, -0.1) is 0 Å². The van der Waals surface area contributed by atoms with E-state index >= 15 is 0 Å². The molecule has 0 unspecified atom stereocenters. The number of benzene rings is 2. The molecule has 0 aromatic heterocycles. The molecule has 0 fully saturated rings. The van der Waals surface area contributed by atoms with Gasteiger partial charge in [-0.05, 0) is 18.6 Å². The predicted molar refractivity (Wildman–Crippen MR) is 73.5 cm³/mol. The van der Waals surface area contributed by atoms with E-state index in [4.69, 9.17) is 22.7 Å². The average Bonchev–Trinajstić information content (AvgIpc) is 2.30. The van der Waals surface area contributed by atoms with Crippen molar-refractivity contribution in [2.24, 2.45) is 5.73 Å². The van der Waals surface area contributed by atoms with Crippen LogP contribution in [-0.2, 0) is 0 Å². The molecule has 2 N–H and O–H groups in total. The Kier molecular flexibility index (Phi) is 3.76. The SMILES string of the molecule is Cc1cccc(C(N)=S)c1Oc1cc(F)cc(F)c1. The van der Waals surface area contributed by atoms with Gasteiger partial charge >= 0.3 is 0 Å². The van der Waals surface area contributed by atoms with Gasteiger partial charge in [0.15, 0.2) is 0 Å². The van der Waals surface area contributed by atoms with Gasteiger partial charge in [-0.25, -0.2) is 8.78 Å². The van der Waals surface area contributed by atoms with Gasteiger partial charge in [-0.3, -0.25) is 0 Å². The number of hydrogen-bond acceptors (Lipinski definition) is 2. The Morgan fingerprint density at radius 1 is 1.16 bits per heavy atom. The summed E-state index contributed by atoms with van der Waals surface area (Å²) >= 11 is 4.93. The molecule has 0 spiro atoms. The van der Waals surface area contributed by atoms with Crippen molar-refractivity contribution >= 4 is 17.2 Å². The molecular weight excluding hydrogens is 268 g/mol. The minimum atomic E-state index is -0.708. The first-order valence-electron chi connectivity index (χ1n) is 5.51. The third-order valence-electron chi connectivity index (χ3n) is 2.53. The molecule has 0 radical (unpaired) electrons. The average molecular weight is 279 g/mol. The molecule has 2 nitrogen and oxygen atoms in total. The van der Waals surface area contributed by atoms with Gasteiger partial charge in [0.2, 0.25) is 0 Å². The molecule has 0 saturated heterocycles. The highest BCUT2D eigenvalue weighted by atomic mass is 32.1. The second-order valence-corrected chi connectivity index (χ2v) is 4.46. The highest BCUT2D eigenvalue weighted by Gasteiger charge is 2.11. The number of rotatable bonds is 3. The predicted octanol–water partition coefficient (Wildman–Crippen LogP) is 3.70. The van der Waals surface area contributed by atoms with Crippen molar-refractivity contribution in [1.82, 2.24) is 0 Å². The highest BCUT2D eigenvalue weighted by Crippen LogP contribution is 2.29. The second-order valence-electron chi connectivity index (χ2n) is 4.02. The Morgan fingerprint density at radius 2 is 1.79 bits per heavy atom. The molecule has 0 saturated carbocycles. The number of ether oxygens (including phenoxy) is 1. The molecule has 5 heteroatoms. The molecule has 0 atom stereocenters. The molecule has 0 bridgehead atoms. The van der Waals surface area contributed by atoms with Gasteiger partial charge in [-0.2, -0.15) is 0 Å². The number of hydrogen-bond donors (Lipinski definition) is 1. The Hall–Kier alpha value is -2.01. The van der Waals surface area contributed by atoms with E-state index in [1.165, 1.54) is 0 Å². The number of halogens is 2. The summed E-state index contributed by atoms with van der Waals surface area (Å²) in [4.78, 5) is 0.163. The zero-order valence-electron chi connectivity index (χ0n) is 10.1. The zero-order valence-corrected chi connectivity index (χ0v) is 10.9. The number of thiocarbonyl (C=S) groups is 1. The summed E-state index contributed by atoms with van der Waals surface area (Å²) in [6.07, 6.45) is 0. The summed E-state index contributed by atoms with van der Waals surface area (Å²) < 4.78 is 31.8. The molecule has 98 valence electrons. The van der Waals surface area contributed by atoms with E-state index in [0.29, 0.717) is 11.3 Å². The first kappa shape index (κ1) is 13.4. The van der Waals surface area contributed by atoms with E-state index in [1.54, 1.807) is 25.1 Å². The summed E-state index contributed by atoms with van der Waals surface area (Å²) in [5.41, 5.74) is 6.90. The molecule has 0 amide bonds. The van der Waals surface area contributed by atoms with E-state index in [2.05, 4.69) is 0 Å². The minimum Gasteiger partial charge on any atom is -0.456 e. The first-order valence-corrected chi connectivity index (χ1v) is 5.91. The van der Waals surface area contributed by atoms with E-state index in [9.17, 15) is 8.78 Å². The van der Waals surface area contributed by atoms with Crippen LogP contribution in [0.15, 0.2) is 36.4 Å². The van der Waals surface area contributed by atoms with Crippen LogP contribution >= 0.6 is 12.2 Å².